The molecule has 1 aliphatic rings. The van der Waals surface area contributed by atoms with E-state index in [-0.39, 0.29) is 12.2 Å². The number of ether oxygens (including phenoxy) is 1. The number of hydrogen-bond donors (Lipinski definition) is 4. The molecule has 1 saturated heterocycles. The summed E-state index contributed by atoms with van der Waals surface area (Å²) in [6, 6.07) is 7.80. The second-order valence-electron chi connectivity index (χ2n) is 9.09. The topological polar surface area (TPSA) is 129 Å². The molecule has 9 heteroatoms. The minimum Gasteiger partial charge on any atom is -0.507 e. The number of pyridine rings is 1. The van der Waals surface area contributed by atoms with E-state index in [1.54, 1.807) is 0 Å². The van der Waals surface area contributed by atoms with Crippen LogP contribution < -0.4 is 16.0 Å². The number of aromatic nitrogens is 3. The van der Waals surface area contributed by atoms with Gasteiger partial charge >= 0.3 is 0 Å². The minimum atomic E-state index is -0.551. The number of H-pyrrole nitrogens is 1. The zero-order valence-corrected chi connectivity index (χ0v) is 20.1. The molecule has 0 spiro atoms. The van der Waals surface area contributed by atoms with Crippen molar-refractivity contribution in [2.45, 2.75) is 52.9 Å². The highest BCUT2D eigenvalue weighted by Gasteiger charge is 2.23. The molecule has 0 bridgehead atoms. The predicted octanol–water partition coefficient (Wildman–Crippen LogP) is 3.04. The molecular weight excluding hydrogens is 432 g/mol. The average molecular weight is 465 g/mol. The molecule has 5 N–H and O–H groups in total. The first-order valence-electron chi connectivity index (χ1n) is 11.5. The highest BCUT2D eigenvalue weighted by Crippen LogP contribution is 2.25. The molecule has 2 atom stereocenters. The van der Waals surface area contributed by atoms with Crippen LogP contribution in [0.3, 0.4) is 0 Å². The molecule has 3 heterocycles. The number of nitrogens with zero attached hydrogens (tertiary/aromatic N) is 3. The number of nitrogens with one attached hydrogen (secondary N) is 2. The Kier molecular flexibility index (Phi) is 6.74. The molecule has 4 rings (SSSR count). The van der Waals surface area contributed by atoms with Crippen molar-refractivity contribution in [3.05, 3.63) is 64.0 Å². The van der Waals surface area contributed by atoms with Crippen LogP contribution in [0.2, 0.25) is 0 Å². The lowest BCUT2D eigenvalue weighted by Gasteiger charge is -2.36. The molecule has 9 nitrogen and oxygen atoms in total. The van der Waals surface area contributed by atoms with Crippen molar-refractivity contribution < 1.29 is 14.6 Å². The van der Waals surface area contributed by atoms with Crippen LogP contribution in [-0.4, -0.2) is 51.5 Å². The van der Waals surface area contributed by atoms with Gasteiger partial charge in [-0.1, -0.05) is 18.2 Å². The first-order chi connectivity index (χ1) is 16.2. The minimum absolute atomic E-state index is 0.161. The standard InChI is InChI=1S/C25H32N6O3/c1-14-7-19(8-15(2)23(14)32)11-28-25-22(24(26)33)20(29-30-25)9-18-5-6-21(27-10-18)31-12-16(3)34-17(4)13-31/h5-8,10,16-17,32H,9,11-13H2,1-4H3,(H2,26,33)(H2,28,29,30)/t16-,17+. The van der Waals surface area contributed by atoms with Crippen LogP contribution in [0.4, 0.5) is 11.6 Å². The van der Waals surface area contributed by atoms with Crippen LogP contribution in [0, 0.1) is 13.8 Å². The Bertz CT molecular complexity index is 1140. The van der Waals surface area contributed by atoms with E-state index in [2.05, 4.69) is 39.2 Å². The van der Waals surface area contributed by atoms with Gasteiger partial charge in [-0.25, -0.2) is 4.98 Å². The Balaban J connectivity index is 1.47. The monoisotopic (exact) mass is 464 g/mol. The summed E-state index contributed by atoms with van der Waals surface area (Å²) in [5, 5.41) is 20.4. The molecule has 3 aromatic rings. The number of carbonyl (C=O) groups excluding carboxylic acids is 1. The summed E-state index contributed by atoms with van der Waals surface area (Å²) in [6.07, 6.45) is 2.59. The Labute approximate surface area is 199 Å². The van der Waals surface area contributed by atoms with E-state index in [0.29, 0.717) is 35.8 Å². The first-order valence-corrected chi connectivity index (χ1v) is 11.5. The number of hydrogen-bond acceptors (Lipinski definition) is 7. The summed E-state index contributed by atoms with van der Waals surface area (Å²) in [4.78, 5) is 19.1. The number of phenolic OH excluding ortho intramolecular Hbond substituents is 1. The van der Waals surface area contributed by atoms with E-state index in [4.69, 9.17) is 10.5 Å². The van der Waals surface area contributed by atoms with Gasteiger partial charge in [0, 0.05) is 32.3 Å². The third-order valence-corrected chi connectivity index (χ3v) is 6.03. The summed E-state index contributed by atoms with van der Waals surface area (Å²) in [6.45, 7) is 9.89. The molecule has 0 unspecified atom stereocenters. The molecule has 180 valence electrons. The van der Waals surface area contributed by atoms with E-state index in [1.165, 1.54) is 0 Å². The van der Waals surface area contributed by atoms with E-state index >= 15 is 0 Å². The molecular formula is C25H32N6O3. The summed E-state index contributed by atoms with van der Waals surface area (Å²) in [5.41, 5.74) is 10.2. The van der Waals surface area contributed by atoms with Crippen molar-refractivity contribution in [2.75, 3.05) is 23.3 Å². The summed E-state index contributed by atoms with van der Waals surface area (Å²) in [7, 11) is 0. The highest BCUT2D eigenvalue weighted by atomic mass is 16.5. The molecule has 34 heavy (non-hydrogen) atoms. The van der Waals surface area contributed by atoms with Gasteiger partial charge < -0.3 is 25.8 Å². The Morgan fingerprint density at radius 2 is 1.88 bits per heavy atom. The van der Waals surface area contributed by atoms with Gasteiger partial charge in [0.15, 0.2) is 5.82 Å². The number of primary amides is 1. The third-order valence-electron chi connectivity index (χ3n) is 6.03. The fourth-order valence-corrected chi connectivity index (χ4v) is 4.51. The van der Waals surface area contributed by atoms with Crippen LogP contribution >= 0.6 is 0 Å². The van der Waals surface area contributed by atoms with Gasteiger partial charge in [-0.15, -0.1) is 0 Å². The third kappa shape index (κ3) is 5.14. The van der Waals surface area contributed by atoms with Crippen LogP contribution in [0.25, 0.3) is 0 Å². The van der Waals surface area contributed by atoms with Gasteiger partial charge in [0.25, 0.3) is 5.91 Å². The number of rotatable bonds is 7. The van der Waals surface area contributed by atoms with Crippen molar-refractivity contribution in [1.82, 2.24) is 15.2 Å². The number of aryl methyl sites for hydroxylation is 2. The Hall–Kier alpha value is -3.59. The van der Waals surface area contributed by atoms with Crippen LogP contribution in [-0.2, 0) is 17.7 Å². The lowest BCUT2D eigenvalue weighted by molar-refractivity contribution is -0.00546. The van der Waals surface area contributed by atoms with Crippen molar-refractivity contribution in [3.8, 4) is 5.75 Å². The van der Waals surface area contributed by atoms with E-state index in [0.717, 1.165) is 41.2 Å². The number of aromatic amines is 1. The van der Waals surface area contributed by atoms with E-state index < -0.39 is 5.91 Å². The second-order valence-corrected chi connectivity index (χ2v) is 9.09. The maximum Gasteiger partial charge on any atom is 0.254 e. The zero-order valence-electron chi connectivity index (χ0n) is 20.1. The number of carbonyl (C=O) groups is 1. The molecule has 0 saturated carbocycles. The number of nitrogens with two attached hydrogens (primary N) is 1. The molecule has 2 aromatic heterocycles. The van der Waals surface area contributed by atoms with Crippen molar-refractivity contribution in [1.29, 1.82) is 0 Å². The first kappa shape index (κ1) is 23.6. The number of phenols is 1. The summed E-state index contributed by atoms with van der Waals surface area (Å²) >= 11 is 0. The van der Waals surface area contributed by atoms with E-state index in [1.807, 2.05) is 44.3 Å². The van der Waals surface area contributed by atoms with Gasteiger partial charge in [0.05, 0.1) is 17.9 Å². The van der Waals surface area contributed by atoms with Gasteiger partial charge in [0.1, 0.15) is 17.1 Å². The molecule has 0 aliphatic carbocycles. The Morgan fingerprint density at radius 1 is 1.21 bits per heavy atom. The summed E-state index contributed by atoms with van der Waals surface area (Å²) in [5.74, 6) is 1.06. The smallest absolute Gasteiger partial charge is 0.254 e. The average Bonchev–Trinajstić information content (AvgIpc) is 3.18. The van der Waals surface area contributed by atoms with Gasteiger partial charge in [-0.05, 0) is 56.0 Å². The summed E-state index contributed by atoms with van der Waals surface area (Å²) < 4.78 is 5.80. The fourth-order valence-electron chi connectivity index (χ4n) is 4.51. The number of benzene rings is 1. The molecule has 1 amide bonds. The van der Waals surface area contributed by atoms with Crippen LogP contribution in [0.15, 0.2) is 30.5 Å². The normalized spacial score (nSPS) is 18.2. The largest absolute Gasteiger partial charge is 0.507 e. The molecule has 0 radical (unpaired) electrons. The van der Waals surface area contributed by atoms with Crippen LogP contribution in [0.1, 0.15) is 52.2 Å². The lowest BCUT2D eigenvalue weighted by Crippen LogP contribution is -2.45. The fraction of sp³-hybridized carbons (Fsp3) is 0.400. The van der Waals surface area contributed by atoms with E-state index in [9.17, 15) is 9.90 Å². The predicted molar refractivity (Wildman–Crippen MR) is 131 cm³/mol. The highest BCUT2D eigenvalue weighted by molar-refractivity contribution is 5.99. The maximum atomic E-state index is 12.2. The SMILES string of the molecule is Cc1cc(CNc2n[nH]c(Cc3ccc(N4C[C@@H](C)O[C@@H](C)C4)nc3)c2C(N)=O)cc(C)c1O. The molecule has 1 aliphatic heterocycles. The number of aromatic hydroxyl groups is 1. The van der Waals surface area contributed by atoms with Crippen molar-refractivity contribution >= 4 is 17.5 Å². The van der Waals surface area contributed by atoms with Gasteiger partial charge in [-0.2, -0.15) is 5.10 Å². The Morgan fingerprint density at radius 3 is 2.47 bits per heavy atom. The lowest BCUT2D eigenvalue weighted by atomic mass is 10.1. The van der Waals surface area contributed by atoms with Crippen LogP contribution in [0.5, 0.6) is 5.75 Å². The molecule has 1 aromatic carbocycles. The van der Waals surface area contributed by atoms with Gasteiger partial charge in [-0.3, -0.25) is 9.89 Å². The maximum absolute atomic E-state index is 12.2. The second kappa shape index (κ2) is 9.72. The quantitative estimate of drug-likeness (QED) is 0.423. The number of anilines is 2. The zero-order chi connectivity index (χ0) is 24.4. The molecule has 1 fully saturated rings. The number of amides is 1. The van der Waals surface area contributed by atoms with Gasteiger partial charge in [0.2, 0.25) is 0 Å². The number of morpholine rings is 1. The van der Waals surface area contributed by atoms with Crippen molar-refractivity contribution in [2.24, 2.45) is 5.73 Å². The van der Waals surface area contributed by atoms with Crippen molar-refractivity contribution in [3.63, 3.8) is 0 Å².